The quantitative estimate of drug-likeness (QED) is 0.644. The van der Waals surface area contributed by atoms with E-state index >= 15 is 0 Å². The summed E-state index contributed by atoms with van der Waals surface area (Å²) in [5.41, 5.74) is 4.66. The molecule has 3 aliphatic rings. The first kappa shape index (κ1) is 21.0. The van der Waals surface area contributed by atoms with Crippen molar-refractivity contribution in [3.8, 4) is 0 Å². The second kappa shape index (κ2) is 8.48. The normalized spacial score (nSPS) is 28.0. The molecule has 1 aliphatic carbocycles. The van der Waals surface area contributed by atoms with E-state index in [4.69, 9.17) is 4.74 Å². The third-order valence-electron chi connectivity index (χ3n) is 6.54. The molecule has 0 spiro atoms. The first-order valence-electron chi connectivity index (χ1n) is 10.0. The molecule has 0 N–H and O–H groups in total. The first-order valence-corrected chi connectivity index (χ1v) is 10.0. The van der Waals surface area contributed by atoms with Crippen LogP contribution in [0.2, 0.25) is 0 Å². The molecule has 2 saturated heterocycles. The average Bonchev–Trinajstić information content (AvgIpc) is 3.29. The molecule has 5 rings (SSSR count). The van der Waals surface area contributed by atoms with Gasteiger partial charge in [0, 0.05) is 30.9 Å². The smallest absolute Gasteiger partial charge is 0.550 e. The second-order valence-electron chi connectivity index (χ2n) is 8.30. The third-order valence-corrected chi connectivity index (χ3v) is 6.54. The van der Waals surface area contributed by atoms with Gasteiger partial charge >= 0.3 is 29.6 Å². The summed E-state index contributed by atoms with van der Waals surface area (Å²) in [5, 5.41) is 11.1. The van der Waals surface area contributed by atoms with Crippen molar-refractivity contribution in [2.75, 3.05) is 19.6 Å². The van der Waals surface area contributed by atoms with Crippen LogP contribution in [-0.4, -0.2) is 36.6 Å². The molecule has 2 aromatic carbocycles. The molecule has 0 aromatic heterocycles. The van der Waals surface area contributed by atoms with Gasteiger partial charge in [-0.15, -0.1) is 0 Å². The number of hydrogen-bond acceptors (Lipinski definition) is 4. The van der Waals surface area contributed by atoms with Crippen molar-refractivity contribution in [2.45, 2.75) is 37.4 Å². The van der Waals surface area contributed by atoms with E-state index in [0.29, 0.717) is 19.5 Å². The number of benzene rings is 2. The number of carbonyl (C=O) groups is 1. The molecule has 0 saturated carbocycles. The second-order valence-corrected chi connectivity index (χ2v) is 8.30. The Morgan fingerprint density at radius 3 is 2.76 bits per heavy atom. The molecule has 4 atom stereocenters. The van der Waals surface area contributed by atoms with Crippen LogP contribution < -0.4 is 34.7 Å². The molecular formula is C23H23FNNaO3. The standard InChI is InChI=1S/C23H24FNO3.Na/c24-17-6-5-15-9-14-3-1-2-4-19(14)21-11-18(28-22(21)20(15)10-17)13-25-8-7-16(12-25)23(26)27;/h1-6,10,16,18,21-22H,7-9,11-13H2,(H,26,27);/q;+1/p-1/t16?,18-,21-,22+;/m1./s1. The van der Waals surface area contributed by atoms with Crippen molar-refractivity contribution in [3.63, 3.8) is 0 Å². The molecule has 0 radical (unpaired) electrons. The van der Waals surface area contributed by atoms with Gasteiger partial charge in [0.15, 0.2) is 0 Å². The third kappa shape index (κ3) is 4.04. The average molecular weight is 403 g/mol. The van der Waals surface area contributed by atoms with E-state index < -0.39 is 5.97 Å². The molecule has 0 bridgehead atoms. The van der Waals surface area contributed by atoms with Crippen molar-refractivity contribution in [3.05, 3.63) is 70.5 Å². The van der Waals surface area contributed by atoms with Crippen LogP contribution in [0.15, 0.2) is 42.5 Å². The van der Waals surface area contributed by atoms with E-state index in [1.807, 2.05) is 6.07 Å². The van der Waals surface area contributed by atoms with Crippen molar-refractivity contribution < 1.29 is 48.6 Å². The summed E-state index contributed by atoms with van der Waals surface area (Å²) in [6.45, 7) is 2.00. The number of likely N-dealkylation sites (tertiary alicyclic amines) is 1. The number of fused-ring (bicyclic) bond motifs is 5. The summed E-state index contributed by atoms with van der Waals surface area (Å²) in [5.74, 6) is -1.38. The Kier molecular flexibility index (Phi) is 6.14. The minimum absolute atomic E-state index is 0. The number of carbonyl (C=O) groups excluding carboxylic acids is 1. The summed E-state index contributed by atoms with van der Waals surface area (Å²) in [4.78, 5) is 13.3. The molecule has 146 valence electrons. The van der Waals surface area contributed by atoms with E-state index in [0.717, 1.165) is 30.5 Å². The fourth-order valence-electron chi connectivity index (χ4n) is 5.19. The van der Waals surface area contributed by atoms with Gasteiger partial charge in [0.2, 0.25) is 0 Å². The number of rotatable bonds is 3. The maximum Gasteiger partial charge on any atom is 1.00 e. The van der Waals surface area contributed by atoms with E-state index in [-0.39, 0.29) is 59.4 Å². The number of ether oxygens (including phenoxy) is 1. The topological polar surface area (TPSA) is 52.6 Å². The molecule has 6 heteroatoms. The van der Waals surface area contributed by atoms with E-state index in [1.54, 1.807) is 6.07 Å². The van der Waals surface area contributed by atoms with Gasteiger partial charge in [0.1, 0.15) is 5.82 Å². The van der Waals surface area contributed by atoms with Gasteiger partial charge in [-0.05, 0) is 60.2 Å². The number of carboxylic acid groups (broad SMARTS) is 1. The molecule has 4 nitrogen and oxygen atoms in total. The summed E-state index contributed by atoms with van der Waals surface area (Å²) in [6, 6.07) is 13.5. The predicted molar refractivity (Wildman–Crippen MR) is 100 cm³/mol. The molecule has 2 fully saturated rings. The summed E-state index contributed by atoms with van der Waals surface area (Å²) < 4.78 is 20.5. The Morgan fingerprint density at radius 2 is 1.97 bits per heavy atom. The van der Waals surface area contributed by atoms with Gasteiger partial charge in [0.05, 0.1) is 12.2 Å². The Hall–Kier alpha value is -1.24. The van der Waals surface area contributed by atoms with Crippen LogP contribution in [0.5, 0.6) is 0 Å². The van der Waals surface area contributed by atoms with Crippen LogP contribution >= 0.6 is 0 Å². The molecule has 2 aromatic rings. The molecule has 0 amide bonds. The van der Waals surface area contributed by atoms with Gasteiger partial charge in [-0.25, -0.2) is 4.39 Å². The number of hydrogen-bond donors (Lipinski definition) is 0. The van der Waals surface area contributed by atoms with Crippen molar-refractivity contribution in [1.82, 2.24) is 4.90 Å². The Balaban J connectivity index is 0.00000205. The molecular weight excluding hydrogens is 380 g/mol. The van der Waals surface area contributed by atoms with E-state index in [1.165, 1.54) is 17.2 Å². The zero-order valence-corrected chi connectivity index (χ0v) is 18.6. The SMILES string of the molecule is O=C([O-])C1CCN(C[C@H]2C[C@@H]3c4ccccc4Cc4ccc(F)cc4[C@@H]3O2)C1.[Na+]. The molecule has 1 unspecified atom stereocenters. The Morgan fingerprint density at radius 1 is 1.17 bits per heavy atom. The van der Waals surface area contributed by atoms with E-state index in [2.05, 4.69) is 29.2 Å². The Labute approximate surface area is 192 Å². The number of aliphatic carboxylic acids is 1. The predicted octanol–water partition coefficient (Wildman–Crippen LogP) is -0.580. The monoisotopic (exact) mass is 403 g/mol. The van der Waals surface area contributed by atoms with Crippen LogP contribution in [0, 0.1) is 11.7 Å². The van der Waals surface area contributed by atoms with Crippen LogP contribution in [0.4, 0.5) is 4.39 Å². The fourth-order valence-corrected chi connectivity index (χ4v) is 5.19. The van der Waals surface area contributed by atoms with Crippen LogP contribution in [0.3, 0.4) is 0 Å². The largest absolute Gasteiger partial charge is 1.00 e. The van der Waals surface area contributed by atoms with Gasteiger partial charge in [-0.1, -0.05) is 30.3 Å². The summed E-state index contributed by atoms with van der Waals surface area (Å²) in [6.07, 6.45) is 2.16. The number of halogens is 1. The van der Waals surface area contributed by atoms with Crippen molar-refractivity contribution in [2.24, 2.45) is 5.92 Å². The maximum atomic E-state index is 14.0. The zero-order chi connectivity index (χ0) is 19.3. The van der Waals surface area contributed by atoms with Crippen molar-refractivity contribution >= 4 is 5.97 Å². The zero-order valence-electron chi connectivity index (χ0n) is 16.6. The molecule has 2 aliphatic heterocycles. The van der Waals surface area contributed by atoms with Gasteiger partial charge in [0.25, 0.3) is 0 Å². The number of carboxylic acids is 1. The van der Waals surface area contributed by atoms with Gasteiger partial charge in [-0.2, -0.15) is 0 Å². The Bertz CT molecular complexity index is 921. The van der Waals surface area contributed by atoms with Crippen LogP contribution in [-0.2, 0) is 16.0 Å². The molecule has 29 heavy (non-hydrogen) atoms. The van der Waals surface area contributed by atoms with Gasteiger partial charge < -0.3 is 19.5 Å². The minimum Gasteiger partial charge on any atom is -0.550 e. The minimum atomic E-state index is -0.960. The van der Waals surface area contributed by atoms with Crippen molar-refractivity contribution in [1.29, 1.82) is 0 Å². The first-order chi connectivity index (χ1) is 13.6. The summed E-state index contributed by atoms with van der Waals surface area (Å²) in [7, 11) is 0. The van der Waals surface area contributed by atoms with E-state index in [9.17, 15) is 14.3 Å². The van der Waals surface area contributed by atoms with Gasteiger partial charge in [-0.3, -0.25) is 0 Å². The van der Waals surface area contributed by atoms with Crippen LogP contribution in [0.25, 0.3) is 0 Å². The van der Waals surface area contributed by atoms with Crippen LogP contribution in [0.1, 0.15) is 47.1 Å². The maximum absolute atomic E-state index is 14.0. The molecule has 2 heterocycles. The fraction of sp³-hybridized carbons (Fsp3) is 0.435. The number of nitrogens with zero attached hydrogens (tertiary/aromatic N) is 1. The summed E-state index contributed by atoms with van der Waals surface area (Å²) >= 11 is 0.